The SMILES string of the molecule is CCCCCCCC=CC(C)=C(C)C(=O)O. The van der Waals surface area contributed by atoms with Crippen molar-refractivity contribution in [2.75, 3.05) is 0 Å². The Bertz CT molecular complexity index is 262. The van der Waals surface area contributed by atoms with Crippen molar-refractivity contribution >= 4 is 5.97 Å². The van der Waals surface area contributed by atoms with Crippen LogP contribution in [0.4, 0.5) is 0 Å². The average Bonchev–Trinajstić information content (AvgIpc) is 2.26. The van der Waals surface area contributed by atoms with Crippen LogP contribution in [-0.4, -0.2) is 11.1 Å². The fourth-order valence-electron chi connectivity index (χ4n) is 1.42. The predicted molar refractivity (Wildman–Crippen MR) is 68.5 cm³/mol. The van der Waals surface area contributed by atoms with Crippen LogP contribution in [0.3, 0.4) is 0 Å². The summed E-state index contributed by atoms with van der Waals surface area (Å²) in [5.41, 5.74) is 1.28. The maximum Gasteiger partial charge on any atom is 0.331 e. The van der Waals surface area contributed by atoms with Gasteiger partial charge in [-0.1, -0.05) is 44.8 Å². The van der Waals surface area contributed by atoms with Crippen LogP contribution in [0.1, 0.15) is 59.3 Å². The summed E-state index contributed by atoms with van der Waals surface area (Å²) < 4.78 is 0. The van der Waals surface area contributed by atoms with Crippen LogP contribution in [0.5, 0.6) is 0 Å². The van der Waals surface area contributed by atoms with Gasteiger partial charge in [-0.05, 0) is 32.3 Å². The van der Waals surface area contributed by atoms with Gasteiger partial charge in [0, 0.05) is 5.57 Å². The van der Waals surface area contributed by atoms with Crippen molar-refractivity contribution in [3.8, 4) is 0 Å². The Morgan fingerprint density at radius 1 is 1.12 bits per heavy atom. The zero-order valence-electron chi connectivity index (χ0n) is 10.8. The number of carbonyl (C=O) groups is 1. The lowest BCUT2D eigenvalue weighted by Crippen LogP contribution is -1.97. The predicted octanol–water partition coefficient (Wildman–Crippen LogP) is 4.32. The number of hydrogen-bond acceptors (Lipinski definition) is 1. The zero-order chi connectivity index (χ0) is 12.4. The van der Waals surface area contributed by atoms with Gasteiger partial charge in [0.1, 0.15) is 0 Å². The molecule has 92 valence electrons. The summed E-state index contributed by atoms with van der Waals surface area (Å²) in [5, 5.41) is 8.76. The molecule has 16 heavy (non-hydrogen) atoms. The molecule has 0 amide bonds. The molecule has 0 radical (unpaired) electrons. The number of rotatable bonds is 8. The molecule has 0 spiro atoms. The number of aliphatic carboxylic acids is 1. The van der Waals surface area contributed by atoms with Gasteiger partial charge in [0.05, 0.1) is 0 Å². The monoisotopic (exact) mass is 224 g/mol. The minimum Gasteiger partial charge on any atom is -0.478 e. The summed E-state index contributed by atoms with van der Waals surface area (Å²) in [6.07, 6.45) is 11.4. The molecule has 0 saturated heterocycles. The Hall–Kier alpha value is -1.05. The van der Waals surface area contributed by atoms with E-state index in [9.17, 15) is 4.79 Å². The van der Waals surface area contributed by atoms with Crippen molar-refractivity contribution < 1.29 is 9.90 Å². The van der Waals surface area contributed by atoms with Crippen LogP contribution in [0.25, 0.3) is 0 Å². The highest BCUT2D eigenvalue weighted by molar-refractivity contribution is 5.87. The minimum atomic E-state index is -0.829. The molecule has 2 nitrogen and oxygen atoms in total. The Morgan fingerprint density at radius 2 is 1.75 bits per heavy atom. The van der Waals surface area contributed by atoms with E-state index in [0.717, 1.165) is 12.0 Å². The standard InChI is InChI=1S/C14H24O2/c1-4-5-6-7-8-9-10-11-12(2)13(3)14(15)16/h10-11H,4-9H2,1-3H3,(H,15,16). The van der Waals surface area contributed by atoms with E-state index >= 15 is 0 Å². The second-order valence-electron chi connectivity index (χ2n) is 4.22. The van der Waals surface area contributed by atoms with Gasteiger partial charge in [0.2, 0.25) is 0 Å². The second-order valence-corrected chi connectivity index (χ2v) is 4.22. The molecule has 0 unspecified atom stereocenters. The molecule has 0 aromatic rings. The van der Waals surface area contributed by atoms with E-state index in [1.165, 1.54) is 32.1 Å². The van der Waals surface area contributed by atoms with Crippen molar-refractivity contribution in [1.82, 2.24) is 0 Å². The van der Waals surface area contributed by atoms with E-state index in [2.05, 4.69) is 13.0 Å². The quantitative estimate of drug-likeness (QED) is 0.378. The second kappa shape index (κ2) is 9.20. The zero-order valence-corrected chi connectivity index (χ0v) is 10.8. The third kappa shape index (κ3) is 7.27. The molecule has 0 heterocycles. The van der Waals surface area contributed by atoms with Gasteiger partial charge in [0.15, 0.2) is 0 Å². The first kappa shape index (κ1) is 14.9. The molecule has 0 aliphatic rings. The van der Waals surface area contributed by atoms with Crippen LogP contribution >= 0.6 is 0 Å². The maximum absolute atomic E-state index is 10.7. The molecule has 0 bridgehead atoms. The van der Waals surface area contributed by atoms with Gasteiger partial charge in [-0.25, -0.2) is 4.79 Å². The Morgan fingerprint density at radius 3 is 2.31 bits per heavy atom. The van der Waals surface area contributed by atoms with Crippen molar-refractivity contribution in [3.05, 3.63) is 23.3 Å². The van der Waals surface area contributed by atoms with Crippen LogP contribution < -0.4 is 0 Å². The number of carboxylic acids is 1. The highest BCUT2D eigenvalue weighted by Crippen LogP contribution is 2.08. The summed E-state index contributed by atoms with van der Waals surface area (Å²) in [6, 6.07) is 0. The van der Waals surface area contributed by atoms with Gasteiger partial charge < -0.3 is 5.11 Å². The van der Waals surface area contributed by atoms with E-state index in [4.69, 9.17) is 5.11 Å². The van der Waals surface area contributed by atoms with Crippen molar-refractivity contribution in [1.29, 1.82) is 0 Å². The topological polar surface area (TPSA) is 37.3 Å². The molecule has 2 heteroatoms. The van der Waals surface area contributed by atoms with Gasteiger partial charge in [0.25, 0.3) is 0 Å². The third-order valence-corrected chi connectivity index (χ3v) is 2.75. The van der Waals surface area contributed by atoms with Crippen molar-refractivity contribution in [3.63, 3.8) is 0 Å². The first-order chi connectivity index (χ1) is 7.59. The van der Waals surface area contributed by atoms with Crippen LogP contribution in [-0.2, 0) is 4.79 Å². The highest BCUT2D eigenvalue weighted by atomic mass is 16.4. The molecule has 0 rings (SSSR count). The summed E-state index contributed by atoms with van der Waals surface area (Å²) >= 11 is 0. The van der Waals surface area contributed by atoms with Crippen molar-refractivity contribution in [2.45, 2.75) is 59.3 Å². The molecule has 0 aliphatic carbocycles. The Labute approximate surface area is 99.1 Å². The number of carboxylic acid groups (broad SMARTS) is 1. The van der Waals surface area contributed by atoms with Crippen LogP contribution in [0, 0.1) is 0 Å². The van der Waals surface area contributed by atoms with E-state index in [1.807, 2.05) is 13.0 Å². The van der Waals surface area contributed by atoms with Gasteiger partial charge in [-0.15, -0.1) is 0 Å². The number of unbranched alkanes of at least 4 members (excludes halogenated alkanes) is 5. The minimum absolute atomic E-state index is 0.433. The highest BCUT2D eigenvalue weighted by Gasteiger charge is 2.01. The van der Waals surface area contributed by atoms with Gasteiger partial charge >= 0.3 is 5.97 Å². The van der Waals surface area contributed by atoms with E-state index in [0.29, 0.717) is 5.57 Å². The molecule has 0 fully saturated rings. The first-order valence-electron chi connectivity index (χ1n) is 6.17. The molecular formula is C14H24O2. The molecule has 0 aromatic heterocycles. The summed E-state index contributed by atoms with van der Waals surface area (Å²) in [7, 11) is 0. The first-order valence-corrected chi connectivity index (χ1v) is 6.17. The van der Waals surface area contributed by atoms with E-state index < -0.39 is 5.97 Å². The number of allylic oxidation sites excluding steroid dienone is 3. The smallest absolute Gasteiger partial charge is 0.331 e. The molecule has 0 saturated carbocycles. The normalized spacial score (nSPS) is 12.9. The van der Waals surface area contributed by atoms with E-state index in [1.54, 1.807) is 6.92 Å². The fourth-order valence-corrected chi connectivity index (χ4v) is 1.42. The molecule has 1 N–H and O–H groups in total. The molecule has 0 aliphatic heterocycles. The maximum atomic E-state index is 10.7. The number of hydrogen-bond donors (Lipinski definition) is 1. The Kier molecular flexibility index (Phi) is 8.59. The lowest BCUT2D eigenvalue weighted by molar-refractivity contribution is -0.132. The third-order valence-electron chi connectivity index (χ3n) is 2.75. The largest absolute Gasteiger partial charge is 0.478 e. The lowest BCUT2D eigenvalue weighted by atomic mass is 10.1. The molecule has 0 aromatic carbocycles. The summed E-state index contributed by atoms with van der Waals surface area (Å²) in [5.74, 6) is -0.829. The van der Waals surface area contributed by atoms with Crippen molar-refractivity contribution in [2.24, 2.45) is 0 Å². The van der Waals surface area contributed by atoms with Gasteiger partial charge in [-0.2, -0.15) is 0 Å². The fraction of sp³-hybridized carbons (Fsp3) is 0.643. The molecule has 0 atom stereocenters. The lowest BCUT2D eigenvalue weighted by Gasteiger charge is -1.98. The van der Waals surface area contributed by atoms with Crippen LogP contribution in [0.15, 0.2) is 23.3 Å². The average molecular weight is 224 g/mol. The molecular weight excluding hydrogens is 200 g/mol. The van der Waals surface area contributed by atoms with E-state index in [-0.39, 0.29) is 0 Å². The Balaban J connectivity index is 3.76. The summed E-state index contributed by atoms with van der Waals surface area (Å²) in [4.78, 5) is 10.7. The summed E-state index contributed by atoms with van der Waals surface area (Å²) in [6.45, 7) is 5.70. The van der Waals surface area contributed by atoms with Gasteiger partial charge in [-0.3, -0.25) is 0 Å². The van der Waals surface area contributed by atoms with Crippen LogP contribution in [0.2, 0.25) is 0 Å².